The fourth-order valence-corrected chi connectivity index (χ4v) is 2.18. The van der Waals surface area contributed by atoms with Gasteiger partial charge in [0.25, 0.3) is 0 Å². The summed E-state index contributed by atoms with van der Waals surface area (Å²) in [7, 11) is 0. The number of carboxylic acids is 1. The summed E-state index contributed by atoms with van der Waals surface area (Å²) in [5.41, 5.74) is 1.37. The molecule has 0 aliphatic rings. The van der Waals surface area contributed by atoms with Gasteiger partial charge < -0.3 is 9.67 Å². The lowest BCUT2D eigenvalue weighted by atomic mass is 10.2. The van der Waals surface area contributed by atoms with Crippen LogP contribution in [0.2, 0.25) is 0 Å². The Kier molecular flexibility index (Phi) is 3.19. The lowest BCUT2D eigenvalue weighted by Gasteiger charge is -2.06. The highest BCUT2D eigenvalue weighted by Crippen LogP contribution is 2.20. The van der Waals surface area contributed by atoms with Gasteiger partial charge in [-0.1, -0.05) is 18.2 Å². The Hall–Kier alpha value is -1.42. The average molecular weight is 235 g/mol. The van der Waals surface area contributed by atoms with Crippen LogP contribution in [0.15, 0.2) is 30.3 Å². The summed E-state index contributed by atoms with van der Waals surface area (Å²) in [6, 6.07) is 9.49. The Morgan fingerprint density at radius 3 is 2.88 bits per heavy atom. The smallest absolute Gasteiger partial charge is 0.352 e. The molecule has 2 aromatic rings. The fraction of sp³-hybridized carbons (Fsp3) is 0.250. The first-order valence-corrected chi connectivity index (χ1v) is 6.44. The van der Waals surface area contributed by atoms with Crippen molar-refractivity contribution in [3.8, 4) is 0 Å². The quantitative estimate of drug-likeness (QED) is 0.886. The number of rotatable bonds is 4. The predicted molar refractivity (Wildman–Crippen MR) is 67.3 cm³/mol. The van der Waals surface area contributed by atoms with E-state index >= 15 is 0 Å². The molecule has 0 radical (unpaired) electrons. The highest BCUT2D eigenvalue weighted by Gasteiger charge is 2.13. The van der Waals surface area contributed by atoms with Crippen LogP contribution in [0.1, 0.15) is 10.5 Å². The van der Waals surface area contributed by atoms with E-state index in [1.807, 2.05) is 35.1 Å². The molecule has 0 aliphatic heterocycles. The lowest BCUT2D eigenvalue weighted by molar-refractivity contribution is 0.0686. The second-order valence-electron chi connectivity index (χ2n) is 3.54. The molecule has 0 fully saturated rings. The van der Waals surface area contributed by atoms with Gasteiger partial charge in [0.15, 0.2) is 0 Å². The molecule has 1 N–H and O–H groups in total. The largest absolute Gasteiger partial charge is 0.477 e. The van der Waals surface area contributed by atoms with E-state index in [4.69, 9.17) is 5.11 Å². The van der Waals surface area contributed by atoms with E-state index in [2.05, 4.69) is 0 Å². The summed E-state index contributed by atoms with van der Waals surface area (Å²) in [4.78, 5) is 11.1. The van der Waals surface area contributed by atoms with Crippen LogP contribution in [0, 0.1) is 0 Å². The summed E-state index contributed by atoms with van der Waals surface area (Å²) in [5.74, 6) is 0.0520. The summed E-state index contributed by atoms with van der Waals surface area (Å²) in [6.07, 6.45) is 2.02. The van der Waals surface area contributed by atoms with E-state index in [0.29, 0.717) is 5.69 Å². The molecule has 0 amide bonds. The van der Waals surface area contributed by atoms with Gasteiger partial charge in [-0.05, 0) is 18.4 Å². The normalized spacial score (nSPS) is 10.8. The predicted octanol–water partition coefficient (Wildman–Crippen LogP) is 2.70. The molecule has 16 heavy (non-hydrogen) atoms. The number of aryl methyl sites for hydroxylation is 1. The minimum Gasteiger partial charge on any atom is -0.477 e. The van der Waals surface area contributed by atoms with Crippen molar-refractivity contribution in [3.63, 3.8) is 0 Å². The van der Waals surface area contributed by atoms with Gasteiger partial charge in [0.1, 0.15) is 5.69 Å². The van der Waals surface area contributed by atoms with Crippen LogP contribution in [-0.4, -0.2) is 27.7 Å². The number of carboxylic acid groups (broad SMARTS) is 1. The molecular weight excluding hydrogens is 222 g/mol. The Labute approximate surface area is 98.1 Å². The molecule has 1 aromatic carbocycles. The highest BCUT2D eigenvalue weighted by atomic mass is 32.2. The number of aromatic carboxylic acids is 1. The van der Waals surface area contributed by atoms with Gasteiger partial charge in [-0.25, -0.2) is 4.79 Å². The first kappa shape index (κ1) is 11.1. The topological polar surface area (TPSA) is 42.2 Å². The number of nitrogens with zero attached hydrogens (tertiary/aromatic N) is 1. The zero-order chi connectivity index (χ0) is 11.5. The average Bonchev–Trinajstić information content (AvgIpc) is 2.65. The molecule has 0 bridgehead atoms. The third-order valence-corrected chi connectivity index (χ3v) is 3.14. The highest BCUT2D eigenvalue weighted by molar-refractivity contribution is 7.98. The van der Waals surface area contributed by atoms with E-state index in [1.54, 1.807) is 17.8 Å². The number of fused-ring (bicyclic) bond motifs is 1. The molecule has 1 heterocycles. The number of hydrogen-bond acceptors (Lipinski definition) is 2. The number of carbonyl (C=O) groups is 1. The third-order valence-electron chi connectivity index (χ3n) is 2.55. The Morgan fingerprint density at radius 1 is 1.44 bits per heavy atom. The molecule has 0 saturated heterocycles. The minimum absolute atomic E-state index is 0.371. The van der Waals surface area contributed by atoms with Crippen molar-refractivity contribution in [1.82, 2.24) is 4.57 Å². The van der Waals surface area contributed by atoms with Gasteiger partial charge in [0.05, 0.1) is 0 Å². The van der Waals surface area contributed by atoms with Crippen LogP contribution in [0.25, 0.3) is 10.9 Å². The maximum atomic E-state index is 11.1. The first-order chi connectivity index (χ1) is 7.74. The van der Waals surface area contributed by atoms with Crippen LogP contribution in [0.4, 0.5) is 0 Å². The molecule has 4 heteroatoms. The number of thioether (sulfide) groups is 1. The van der Waals surface area contributed by atoms with Crippen molar-refractivity contribution in [1.29, 1.82) is 0 Å². The summed E-state index contributed by atoms with van der Waals surface area (Å²) in [6.45, 7) is 0.732. The van der Waals surface area contributed by atoms with Crippen molar-refractivity contribution in [2.24, 2.45) is 0 Å². The number of para-hydroxylation sites is 1. The van der Waals surface area contributed by atoms with Gasteiger partial charge in [-0.3, -0.25) is 0 Å². The Bertz CT molecular complexity index is 519. The van der Waals surface area contributed by atoms with Crippen LogP contribution < -0.4 is 0 Å². The zero-order valence-corrected chi connectivity index (χ0v) is 9.83. The Morgan fingerprint density at radius 2 is 2.19 bits per heavy atom. The van der Waals surface area contributed by atoms with Gasteiger partial charge in [-0.15, -0.1) is 0 Å². The van der Waals surface area contributed by atoms with Crippen molar-refractivity contribution >= 4 is 28.6 Å². The van der Waals surface area contributed by atoms with Crippen LogP contribution >= 0.6 is 11.8 Å². The van der Waals surface area contributed by atoms with Crippen molar-refractivity contribution in [2.75, 3.05) is 12.0 Å². The molecule has 84 valence electrons. The van der Waals surface area contributed by atoms with Crippen molar-refractivity contribution in [2.45, 2.75) is 6.54 Å². The van der Waals surface area contributed by atoms with Gasteiger partial charge in [0.2, 0.25) is 0 Å². The number of hydrogen-bond donors (Lipinski definition) is 1. The maximum Gasteiger partial charge on any atom is 0.352 e. The molecule has 2 rings (SSSR count). The SMILES string of the molecule is CSCCn1c(C(=O)O)cc2ccccc21. The molecule has 0 atom stereocenters. The van der Waals surface area contributed by atoms with Gasteiger partial charge >= 0.3 is 5.97 Å². The van der Waals surface area contributed by atoms with Crippen LogP contribution in [0.3, 0.4) is 0 Å². The molecule has 3 nitrogen and oxygen atoms in total. The monoisotopic (exact) mass is 235 g/mol. The summed E-state index contributed by atoms with van der Waals surface area (Å²) >= 11 is 1.72. The van der Waals surface area contributed by atoms with Gasteiger partial charge in [-0.2, -0.15) is 11.8 Å². The number of benzene rings is 1. The maximum absolute atomic E-state index is 11.1. The van der Waals surface area contributed by atoms with E-state index in [1.165, 1.54) is 0 Å². The van der Waals surface area contributed by atoms with E-state index in [9.17, 15) is 4.79 Å². The summed E-state index contributed by atoms with van der Waals surface area (Å²) in [5, 5.41) is 10.1. The molecule has 1 aromatic heterocycles. The van der Waals surface area contributed by atoms with Crippen molar-refractivity contribution < 1.29 is 9.90 Å². The molecule has 0 aliphatic carbocycles. The molecule has 0 saturated carbocycles. The molecular formula is C12H13NO2S. The van der Waals surface area contributed by atoms with Crippen LogP contribution in [-0.2, 0) is 6.54 Å². The van der Waals surface area contributed by atoms with Crippen molar-refractivity contribution in [3.05, 3.63) is 36.0 Å². The van der Waals surface area contributed by atoms with Gasteiger partial charge in [0, 0.05) is 23.2 Å². The first-order valence-electron chi connectivity index (χ1n) is 5.04. The zero-order valence-electron chi connectivity index (χ0n) is 9.01. The second-order valence-corrected chi connectivity index (χ2v) is 4.52. The van der Waals surface area contributed by atoms with E-state index in [0.717, 1.165) is 23.2 Å². The minimum atomic E-state index is -0.864. The number of aromatic nitrogens is 1. The molecule has 0 spiro atoms. The molecule has 0 unspecified atom stereocenters. The third kappa shape index (κ3) is 1.93. The Balaban J connectivity index is 2.55. The fourth-order valence-electron chi connectivity index (χ4n) is 1.81. The lowest BCUT2D eigenvalue weighted by Crippen LogP contribution is -2.09. The summed E-state index contributed by atoms with van der Waals surface area (Å²) < 4.78 is 1.87. The van der Waals surface area contributed by atoms with E-state index < -0.39 is 5.97 Å². The van der Waals surface area contributed by atoms with Crippen LogP contribution in [0.5, 0.6) is 0 Å². The van der Waals surface area contributed by atoms with E-state index in [-0.39, 0.29) is 0 Å². The standard InChI is InChI=1S/C12H13NO2S/c1-16-7-6-13-10-5-3-2-4-9(10)8-11(13)12(14)15/h2-5,8H,6-7H2,1H3,(H,14,15). The second kappa shape index (κ2) is 4.61.